The van der Waals surface area contributed by atoms with E-state index in [1.165, 1.54) is 22.2 Å². The second-order valence-corrected chi connectivity index (χ2v) is 10.0. The molecular formula is C25H23N3O2S2. The van der Waals surface area contributed by atoms with E-state index in [0.29, 0.717) is 22.6 Å². The predicted octanol–water partition coefficient (Wildman–Crippen LogP) is 4.74. The maximum atomic E-state index is 13.5. The summed E-state index contributed by atoms with van der Waals surface area (Å²) in [4.78, 5) is 34.5. The summed E-state index contributed by atoms with van der Waals surface area (Å²) in [5.74, 6) is 0.316. The fourth-order valence-corrected chi connectivity index (χ4v) is 5.95. The number of thioether (sulfide) groups is 1. The summed E-state index contributed by atoms with van der Waals surface area (Å²) >= 11 is 3.09. The highest BCUT2D eigenvalue weighted by Gasteiger charge is 2.23. The molecule has 7 heteroatoms. The van der Waals surface area contributed by atoms with Crippen LogP contribution in [-0.2, 0) is 17.8 Å². The number of para-hydroxylation sites is 1. The van der Waals surface area contributed by atoms with Gasteiger partial charge in [0.25, 0.3) is 5.56 Å². The van der Waals surface area contributed by atoms with Crippen molar-refractivity contribution in [2.45, 2.75) is 32.0 Å². The third kappa shape index (κ3) is 3.87. The van der Waals surface area contributed by atoms with E-state index in [0.717, 1.165) is 29.8 Å². The van der Waals surface area contributed by atoms with Crippen LogP contribution in [0.2, 0.25) is 0 Å². The Bertz CT molecular complexity index is 1390. The number of aryl methyl sites for hydroxylation is 2. The van der Waals surface area contributed by atoms with E-state index in [1.54, 1.807) is 22.0 Å². The van der Waals surface area contributed by atoms with Crippen LogP contribution < -0.4 is 5.56 Å². The van der Waals surface area contributed by atoms with E-state index >= 15 is 0 Å². The average molecular weight is 462 g/mol. The van der Waals surface area contributed by atoms with E-state index in [2.05, 4.69) is 17.5 Å². The minimum atomic E-state index is -0.113. The molecule has 0 saturated heterocycles. The molecule has 4 aromatic rings. The Morgan fingerprint density at radius 3 is 2.84 bits per heavy atom. The van der Waals surface area contributed by atoms with E-state index in [9.17, 15) is 9.59 Å². The molecule has 3 heterocycles. The third-order valence-electron chi connectivity index (χ3n) is 5.82. The van der Waals surface area contributed by atoms with Gasteiger partial charge in [-0.2, -0.15) is 0 Å². The molecule has 5 rings (SSSR count). The van der Waals surface area contributed by atoms with Crippen LogP contribution in [0.5, 0.6) is 0 Å². The molecule has 2 aromatic carbocycles. The molecule has 0 N–H and O–H groups in total. The minimum absolute atomic E-state index is 0.0708. The van der Waals surface area contributed by atoms with Crippen LogP contribution in [0, 0.1) is 13.8 Å². The molecule has 0 spiro atoms. The first-order valence-electron chi connectivity index (χ1n) is 10.6. The highest BCUT2D eigenvalue weighted by Crippen LogP contribution is 2.27. The Balaban J connectivity index is 1.49. The zero-order valence-electron chi connectivity index (χ0n) is 18.0. The number of nitrogens with zero attached hydrogens (tertiary/aromatic N) is 3. The largest absolute Gasteiger partial charge is 0.337 e. The Morgan fingerprint density at radius 1 is 1.16 bits per heavy atom. The lowest BCUT2D eigenvalue weighted by Crippen LogP contribution is -2.36. The summed E-state index contributed by atoms with van der Waals surface area (Å²) in [6.07, 6.45) is 0.908. The van der Waals surface area contributed by atoms with Crippen LogP contribution in [0.4, 0.5) is 0 Å². The molecule has 5 nitrogen and oxygen atoms in total. The standard InChI is InChI=1S/C25H23N3O2S2/c1-16-7-8-21(17(2)13-16)28-24(30)19-5-3-4-6-20(19)26-25(28)32-15-23(29)27-11-9-22-18(14-27)10-12-31-22/h3-8,10,12-13H,9,11,14-15H2,1-2H3. The Hall–Kier alpha value is -2.90. The summed E-state index contributed by atoms with van der Waals surface area (Å²) < 4.78 is 1.65. The van der Waals surface area contributed by atoms with Gasteiger partial charge in [0.2, 0.25) is 5.91 Å². The van der Waals surface area contributed by atoms with Crippen LogP contribution in [-0.4, -0.2) is 32.7 Å². The molecule has 1 amide bonds. The molecule has 0 bridgehead atoms. The molecule has 0 radical (unpaired) electrons. The number of thiophene rings is 1. The molecule has 0 fully saturated rings. The van der Waals surface area contributed by atoms with Crippen molar-refractivity contribution in [3.05, 3.63) is 85.8 Å². The van der Waals surface area contributed by atoms with Gasteiger partial charge in [-0.05, 0) is 61.0 Å². The van der Waals surface area contributed by atoms with Crippen molar-refractivity contribution in [3.63, 3.8) is 0 Å². The summed E-state index contributed by atoms with van der Waals surface area (Å²) in [5, 5.41) is 3.21. The van der Waals surface area contributed by atoms with Gasteiger partial charge in [-0.3, -0.25) is 14.2 Å². The van der Waals surface area contributed by atoms with Crippen molar-refractivity contribution < 1.29 is 4.79 Å². The molecule has 1 aliphatic heterocycles. The van der Waals surface area contributed by atoms with Gasteiger partial charge in [0.1, 0.15) is 0 Å². The van der Waals surface area contributed by atoms with Crippen LogP contribution in [0.1, 0.15) is 21.6 Å². The van der Waals surface area contributed by atoms with E-state index in [4.69, 9.17) is 4.98 Å². The quantitative estimate of drug-likeness (QED) is 0.325. The van der Waals surface area contributed by atoms with Gasteiger partial charge in [-0.15, -0.1) is 11.3 Å². The number of benzene rings is 2. The molecule has 1 aliphatic rings. The number of carbonyl (C=O) groups excluding carboxylic acids is 1. The Morgan fingerprint density at radius 2 is 2.00 bits per heavy atom. The lowest BCUT2D eigenvalue weighted by Gasteiger charge is -2.27. The average Bonchev–Trinajstić information content (AvgIpc) is 3.26. The van der Waals surface area contributed by atoms with Crippen molar-refractivity contribution in [1.29, 1.82) is 0 Å². The first kappa shape index (κ1) is 21.0. The van der Waals surface area contributed by atoms with Gasteiger partial charge < -0.3 is 4.90 Å². The maximum absolute atomic E-state index is 13.5. The summed E-state index contributed by atoms with van der Waals surface area (Å²) in [5.41, 5.74) is 4.71. The van der Waals surface area contributed by atoms with Gasteiger partial charge in [0.15, 0.2) is 5.16 Å². The van der Waals surface area contributed by atoms with Crippen LogP contribution in [0.25, 0.3) is 16.6 Å². The molecule has 0 atom stereocenters. The van der Waals surface area contributed by atoms with Crippen molar-refractivity contribution in [1.82, 2.24) is 14.5 Å². The molecule has 2 aromatic heterocycles. The first-order valence-corrected chi connectivity index (χ1v) is 12.4. The smallest absolute Gasteiger partial charge is 0.266 e. The number of amides is 1. The van der Waals surface area contributed by atoms with Gasteiger partial charge in [-0.1, -0.05) is 41.6 Å². The summed E-state index contributed by atoms with van der Waals surface area (Å²) in [6, 6.07) is 15.5. The van der Waals surface area contributed by atoms with Crippen molar-refractivity contribution >= 4 is 39.9 Å². The second-order valence-electron chi connectivity index (χ2n) is 8.07. The van der Waals surface area contributed by atoms with E-state index in [-0.39, 0.29) is 17.2 Å². The van der Waals surface area contributed by atoms with Gasteiger partial charge in [0.05, 0.1) is 22.3 Å². The number of rotatable bonds is 4. The highest BCUT2D eigenvalue weighted by molar-refractivity contribution is 7.99. The lowest BCUT2D eigenvalue weighted by molar-refractivity contribution is -0.129. The van der Waals surface area contributed by atoms with Gasteiger partial charge >= 0.3 is 0 Å². The number of aromatic nitrogens is 2. The molecule has 162 valence electrons. The first-order chi connectivity index (χ1) is 15.5. The molecule has 0 aliphatic carbocycles. The van der Waals surface area contributed by atoms with E-state index < -0.39 is 0 Å². The zero-order valence-corrected chi connectivity index (χ0v) is 19.6. The number of hydrogen-bond donors (Lipinski definition) is 0. The van der Waals surface area contributed by atoms with Crippen molar-refractivity contribution in [3.8, 4) is 5.69 Å². The van der Waals surface area contributed by atoms with Crippen LogP contribution >= 0.6 is 23.1 Å². The monoisotopic (exact) mass is 461 g/mol. The Labute approximate surface area is 194 Å². The highest BCUT2D eigenvalue weighted by atomic mass is 32.2. The topological polar surface area (TPSA) is 55.2 Å². The normalized spacial score (nSPS) is 13.4. The molecular weight excluding hydrogens is 438 g/mol. The predicted molar refractivity (Wildman–Crippen MR) is 131 cm³/mol. The van der Waals surface area contributed by atoms with Crippen molar-refractivity contribution in [2.75, 3.05) is 12.3 Å². The maximum Gasteiger partial charge on any atom is 0.266 e. The number of carbonyl (C=O) groups is 1. The summed E-state index contributed by atoms with van der Waals surface area (Å²) in [6.45, 7) is 5.43. The molecule has 0 unspecified atom stereocenters. The van der Waals surface area contributed by atoms with Gasteiger partial charge in [-0.25, -0.2) is 4.98 Å². The van der Waals surface area contributed by atoms with Crippen molar-refractivity contribution in [2.24, 2.45) is 0 Å². The minimum Gasteiger partial charge on any atom is -0.337 e. The van der Waals surface area contributed by atoms with E-state index in [1.807, 2.05) is 49.1 Å². The summed E-state index contributed by atoms with van der Waals surface area (Å²) in [7, 11) is 0. The Kier molecular flexibility index (Phi) is 5.61. The number of hydrogen-bond acceptors (Lipinski definition) is 5. The van der Waals surface area contributed by atoms with Gasteiger partial charge in [0, 0.05) is 18.0 Å². The zero-order chi connectivity index (χ0) is 22.2. The fraction of sp³-hybridized carbons (Fsp3) is 0.240. The van der Waals surface area contributed by atoms with Crippen LogP contribution in [0.15, 0.2) is 63.9 Å². The number of fused-ring (bicyclic) bond motifs is 2. The second kappa shape index (κ2) is 8.56. The fourth-order valence-electron chi connectivity index (χ4n) is 4.16. The third-order valence-corrected chi connectivity index (χ3v) is 7.77. The van der Waals surface area contributed by atoms with Crippen LogP contribution in [0.3, 0.4) is 0 Å². The lowest BCUT2D eigenvalue weighted by atomic mass is 10.1. The SMILES string of the molecule is Cc1ccc(-n2c(SCC(=O)N3CCc4sccc4C3)nc3ccccc3c2=O)c(C)c1. The molecule has 0 saturated carbocycles. The molecule has 32 heavy (non-hydrogen) atoms.